The number of thiazole rings is 1. The van der Waals surface area contributed by atoms with Crippen LogP contribution in [-0.2, 0) is 16.4 Å². The number of rotatable bonds is 7. The third-order valence-corrected chi connectivity index (χ3v) is 5.35. The Morgan fingerprint density at radius 2 is 2.24 bits per heavy atom. The van der Waals surface area contributed by atoms with Gasteiger partial charge >= 0.3 is 0 Å². The zero-order chi connectivity index (χ0) is 15.3. The Morgan fingerprint density at radius 1 is 1.43 bits per heavy atom. The van der Waals surface area contributed by atoms with E-state index in [0.717, 1.165) is 5.01 Å². The lowest BCUT2D eigenvalue weighted by molar-refractivity contribution is 0.173. The molecule has 0 spiro atoms. The number of benzene rings is 1. The van der Waals surface area contributed by atoms with Crippen molar-refractivity contribution in [1.82, 2.24) is 9.71 Å². The molecule has 0 aliphatic heterocycles. The highest BCUT2D eigenvalue weighted by Crippen LogP contribution is 2.19. The van der Waals surface area contributed by atoms with E-state index in [1.165, 1.54) is 23.5 Å². The maximum atomic E-state index is 12.2. The van der Waals surface area contributed by atoms with E-state index in [9.17, 15) is 13.5 Å². The molecule has 21 heavy (non-hydrogen) atoms. The molecule has 7 heteroatoms. The van der Waals surface area contributed by atoms with Crippen molar-refractivity contribution in [3.8, 4) is 0 Å². The molecular weight excluding hydrogens is 308 g/mol. The van der Waals surface area contributed by atoms with Crippen molar-refractivity contribution in [2.75, 3.05) is 6.54 Å². The molecule has 1 heterocycles. The fourth-order valence-corrected chi connectivity index (χ4v) is 3.58. The Balaban J connectivity index is 2.05. The summed E-state index contributed by atoms with van der Waals surface area (Å²) >= 11 is 1.50. The summed E-state index contributed by atoms with van der Waals surface area (Å²) in [7, 11) is -3.56. The topological polar surface area (TPSA) is 79.3 Å². The predicted molar refractivity (Wildman–Crippen MR) is 82.7 cm³/mol. The second-order valence-electron chi connectivity index (χ2n) is 4.57. The van der Waals surface area contributed by atoms with Crippen LogP contribution in [0.15, 0.2) is 40.7 Å². The van der Waals surface area contributed by atoms with Gasteiger partial charge in [0.25, 0.3) is 0 Å². The zero-order valence-electron chi connectivity index (χ0n) is 11.7. The highest BCUT2D eigenvalue weighted by molar-refractivity contribution is 7.89. The SMILES string of the molecule is CCC(O)c1cccc(S(=O)(=O)NCCc2nccs2)c1. The molecule has 2 rings (SSSR count). The molecule has 0 saturated heterocycles. The Labute approximate surface area is 128 Å². The van der Waals surface area contributed by atoms with Crippen LogP contribution in [0.3, 0.4) is 0 Å². The molecule has 0 fully saturated rings. The number of nitrogens with one attached hydrogen (secondary N) is 1. The first-order valence-corrected chi connectivity index (χ1v) is 9.05. The average Bonchev–Trinajstić information content (AvgIpc) is 2.99. The van der Waals surface area contributed by atoms with Crippen LogP contribution >= 0.6 is 11.3 Å². The van der Waals surface area contributed by atoms with Gasteiger partial charge in [-0.1, -0.05) is 19.1 Å². The van der Waals surface area contributed by atoms with Crippen molar-refractivity contribution in [2.45, 2.75) is 30.8 Å². The summed E-state index contributed by atoms with van der Waals surface area (Å²) in [6.07, 6.45) is 2.16. The minimum Gasteiger partial charge on any atom is -0.388 e. The minimum absolute atomic E-state index is 0.173. The molecule has 0 saturated carbocycles. The zero-order valence-corrected chi connectivity index (χ0v) is 13.3. The van der Waals surface area contributed by atoms with Crippen LogP contribution in [0, 0.1) is 0 Å². The number of sulfonamides is 1. The first kappa shape index (κ1) is 16.1. The van der Waals surface area contributed by atoms with Crippen LogP contribution < -0.4 is 4.72 Å². The van der Waals surface area contributed by atoms with Crippen LogP contribution in [0.5, 0.6) is 0 Å². The molecule has 1 aromatic carbocycles. The van der Waals surface area contributed by atoms with Crippen molar-refractivity contribution in [2.24, 2.45) is 0 Å². The van der Waals surface area contributed by atoms with Gasteiger partial charge in [-0.15, -0.1) is 11.3 Å². The van der Waals surface area contributed by atoms with Crippen molar-refractivity contribution < 1.29 is 13.5 Å². The van der Waals surface area contributed by atoms with E-state index in [4.69, 9.17) is 0 Å². The van der Waals surface area contributed by atoms with Gasteiger partial charge in [0.2, 0.25) is 10.0 Å². The van der Waals surface area contributed by atoms with E-state index in [0.29, 0.717) is 24.9 Å². The Morgan fingerprint density at radius 3 is 2.90 bits per heavy atom. The van der Waals surface area contributed by atoms with Gasteiger partial charge in [0, 0.05) is 24.5 Å². The van der Waals surface area contributed by atoms with Crippen LogP contribution in [0.25, 0.3) is 0 Å². The summed E-state index contributed by atoms with van der Waals surface area (Å²) in [6, 6.07) is 6.41. The molecule has 0 radical (unpaired) electrons. The normalized spacial score (nSPS) is 13.2. The smallest absolute Gasteiger partial charge is 0.240 e. The second kappa shape index (κ2) is 7.13. The molecule has 1 atom stereocenters. The Bertz CT molecular complexity index is 669. The van der Waals surface area contributed by atoms with Gasteiger partial charge in [-0.25, -0.2) is 18.1 Å². The second-order valence-corrected chi connectivity index (χ2v) is 7.32. The van der Waals surface area contributed by atoms with E-state index in [1.54, 1.807) is 18.3 Å². The minimum atomic E-state index is -3.56. The van der Waals surface area contributed by atoms with E-state index in [2.05, 4.69) is 9.71 Å². The number of hydrogen-bond donors (Lipinski definition) is 2. The largest absolute Gasteiger partial charge is 0.388 e. The van der Waals surface area contributed by atoms with Crippen LogP contribution in [0.2, 0.25) is 0 Å². The maximum absolute atomic E-state index is 12.2. The van der Waals surface area contributed by atoms with E-state index in [-0.39, 0.29) is 4.90 Å². The van der Waals surface area contributed by atoms with Crippen LogP contribution in [0.1, 0.15) is 30.0 Å². The van der Waals surface area contributed by atoms with Gasteiger partial charge < -0.3 is 5.11 Å². The number of nitrogens with zero attached hydrogens (tertiary/aromatic N) is 1. The van der Waals surface area contributed by atoms with Gasteiger partial charge in [-0.3, -0.25) is 0 Å². The van der Waals surface area contributed by atoms with Crippen LogP contribution in [-0.4, -0.2) is 25.1 Å². The predicted octanol–water partition coefficient (Wildman–Crippen LogP) is 2.11. The number of aromatic nitrogens is 1. The van der Waals surface area contributed by atoms with Gasteiger partial charge in [0.05, 0.1) is 16.0 Å². The molecule has 1 aromatic heterocycles. The number of aliphatic hydroxyl groups is 1. The molecule has 2 aromatic rings. The van der Waals surface area contributed by atoms with E-state index < -0.39 is 16.1 Å². The van der Waals surface area contributed by atoms with Gasteiger partial charge in [0.1, 0.15) is 0 Å². The lowest BCUT2D eigenvalue weighted by Gasteiger charge is -2.11. The summed E-state index contributed by atoms with van der Waals surface area (Å²) in [5, 5.41) is 12.6. The van der Waals surface area contributed by atoms with Gasteiger partial charge in [-0.05, 0) is 24.1 Å². The summed E-state index contributed by atoms with van der Waals surface area (Å²) in [4.78, 5) is 4.28. The van der Waals surface area contributed by atoms with Gasteiger partial charge in [0.15, 0.2) is 0 Å². The third kappa shape index (κ3) is 4.34. The summed E-state index contributed by atoms with van der Waals surface area (Å²) in [5.41, 5.74) is 0.611. The third-order valence-electron chi connectivity index (χ3n) is 3.05. The fraction of sp³-hybridized carbons (Fsp3) is 0.357. The molecule has 2 N–H and O–H groups in total. The van der Waals surface area contributed by atoms with Crippen molar-refractivity contribution in [3.63, 3.8) is 0 Å². The Kier molecular flexibility index (Phi) is 5.46. The maximum Gasteiger partial charge on any atom is 0.240 e. The first-order valence-electron chi connectivity index (χ1n) is 6.69. The highest BCUT2D eigenvalue weighted by Gasteiger charge is 2.15. The molecule has 0 aliphatic rings. The number of hydrogen-bond acceptors (Lipinski definition) is 5. The molecule has 0 bridgehead atoms. The summed E-state index contributed by atoms with van der Waals surface area (Å²) in [6.45, 7) is 2.15. The average molecular weight is 326 g/mol. The summed E-state index contributed by atoms with van der Waals surface area (Å²) in [5.74, 6) is 0. The molecule has 114 valence electrons. The lowest BCUT2D eigenvalue weighted by atomic mass is 10.1. The molecule has 0 aliphatic carbocycles. The van der Waals surface area contributed by atoms with Crippen molar-refractivity contribution in [3.05, 3.63) is 46.4 Å². The standard InChI is InChI=1S/C14H18N2O3S2/c1-2-13(17)11-4-3-5-12(10-11)21(18,19)16-7-6-14-15-8-9-20-14/h3-5,8-10,13,16-17H,2,6-7H2,1H3. The fourth-order valence-electron chi connectivity index (χ4n) is 1.88. The lowest BCUT2D eigenvalue weighted by Crippen LogP contribution is -2.26. The Hall–Kier alpha value is -1.28. The van der Waals surface area contributed by atoms with E-state index >= 15 is 0 Å². The molecular formula is C14H18N2O3S2. The van der Waals surface area contributed by atoms with Crippen molar-refractivity contribution >= 4 is 21.4 Å². The molecule has 5 nitrogen and oxygen atoms in total. The molecule has 1 unspecified atom stereocenters. The van der Waals surface area contributed by atoms with E-state index in [1.807, 2.05) is 12.3 Å². The quantitative estimate of drug-likeness (QED) is 0.817. The van der Waals surface area contributed by atoms with Crippen LogP contribution in [0.4, 0.5) is 0 Å². The monoisotopic (exact) mass is 326 g/mol. The van der Waals surface area contributed by atoms with Gasteiger partial charge in [-0.2, -0.15) is 0 Å². The number of aliphatic hydroxyl groups excluding tert-OH is 1. The summed E-state index contributed by atoms with van der Waals surface area (Å²) < 4.78 is 27.0. The van der Waals surface area contributed by atoms with Crippen molar-refractivity contribution in [1.29, 1.82) is 0 Å². The highest BCUT2D eigenvalue weighted by atomic mass is 32.2. The molecule has 0 amide bonds. The first-order chi connectivity index (χ1) is 10.0.